The van der Waals surface area contributed by atoms with Crippen molar-refractivity contribution in [3.05, 3.63) is 71.9 Å². The first-order valence-electron chi connectivity index (χ1n) is 13.3. The summed E-state index contributed by atoms with van der Waals surface area (Å²) in [5, 5.41) is 3.97. The third kappa shape index (κ3) is 7.44. The molecule has 37 heavy (non-hydrogen) atoms. The van der Waals surface area contributed by atoms with Crippen molar-refractivity contribution in [3.63, 3.8) is 0 Å². The topological polar surface area (TPSA) is 91.5 Å². The molecule has 0 saturated heterocycles. The number of aromatic nitrogens is 1. The van der Waals surface area contributed by atoms with Crippen LogP contribution in [-0.4, -0.2) is 53.9 Å². The number of benzene rings is 2. The van der Waals surface area contributed by atoms with Crippen LogP contribution in [0.5, 0.6) is 0 Å². The lowest BCUT2D eigenvalue weighted by Gasteiger charge is -2.30. The van der Waals surface area contributed by atoms with Gasteiger partial charge in [-0.25, -0.2) is 0 Å². The molecule has 1 atom stereocenters. The van der Waals surface area contributed by atoms with Gasteiger partial charge >= 0.3 is 5.97 Å². The zero-order valence-corrected chi connectivity index (χ0v) is 21.6. The number of fused-ring (bicyclic) bond motifs is 1. The number of methoxy groups -OCH3 is 1. The first-order valence-corrected chi connectivity index (χ1v) is 13.3. The number of amides is 2. The second kappa shape index (κ2) is 13.1. The van der Waals surface area contributed by atoms with E-state index in [2.05, 4.69) is 10.3 Å². The Morgan fingerprint density at radius 1 is 1.03 bits per heavy atom. The molecule has 1 aliphatic rings. The van der Waals surface area contributed by atoms with E-state index >= 15 is 0 Å². The van der Waals surface area contributed by atoms with E-state index in [0.717, 1.165) is 41.3 Å². The number of hydrogen-bond donors (Lipinski definition) is 2. The van der Waals surface area contributed by atoms with Crippen LogP contribution in [0.3, 0.4) is 0 Å². The molecule has 1 fully saturated rings. The van der Waals surface area contributed by atoms with Gasteiger partial charge in [-0.2, -0.15) is 0 Å². The Kier molecular flexibility index (Phi) is 9.35. The summed E-state index contributed by atoms with van der Waals surface area (Å²) in [4.78, 5) is 44.0. The SMILES string of the molecule is COC(=O)CN(CCC1CCCCC1)C(=O)[C@H](Cc1ccccc1)NC(=O)Cc1c[nH]c2ccccc12. The smallest absolute Gasteiger partial charge is 0.325 e. The van der Waals surface area contributed by atoms with Crippen LogP contribution in [0.4, 0.5) is 0 Å². The van der Waals surface area contributed by atoms with Gasteiger partial charge in [0.1, 0.15) is 12.6 Å². The summed E-state index contributed by atoms with van der Waals surface area (Å²) in [6.07, 6.45) is 9.22. The number of nitrogens with one attached hydrogen (secondary N) is 2. The maximum Gasteiger partial charge on any atom is 0.325 e. The molecular weight excluding hydrogens is 466 g/mol. The van der Waals surface area contributed by atoms with Crippen molar-refractivity contribution in [2.75, 3.05) is 20.2 Å². The van der Waals surface area contributed by atoms with Gasteiger partial charge in [0, 0.05) is 30.1 Å². The molecule has 7 nitrogen and oxygen atoms in total. The molecule has 1 aliphatic carbocycles. The average molecular weight is 504 g/mol. The van der Waals surface area contributed by atoms with Crippen molar-refractivity contribution >= 4 is 28.7 Å². The van der Waals surface area contributed by atoms with Crippen LogP contribution in [0.1, 0.15) is 49.7 Å². The van der Waals surface area contributed by atoms with Gasteiger partial charge in [0.15, 0.2) is 0 Å². The zero-order chi connectivity index (χ0) is 26.0. The van der Waals surface area contributed by atoms with Gasteiger partial charge in [-0.3, -0.25) is 14.4 Å². The fourth-order valence-corrected chi connectivity index (χ4v) is 5.27. The molecule has 4 rings (SSSR count). The van der Waals surface area contributed by atoms with Crippen molar-refractivity contribution < 1.29 is 19.1 Å². The maximum absolute atomic E-state index is 13.8. The fourth-order valence-electron chi connectivity index (χ4n) is 5.27. The largest absolute Gasteiger partial charge is 0.468 e. The van der Waals surface area contributed by atoms with Crippen molar-refractivity contribution in [1.29, 1.82) is 0 Å². The highest BCUT2D eigenvalue weighted by molar-refractivity contribution is 5.93. The van der Waals surface area contributed by atoms with Crippen molar-refractivity contribution in [1.82, 2.24) is 15.2 Å². The van der Waals surface area contributed by atoms with Gasteiger partial charge in [0.25, 0.3) is 0 Å². The molecule has 0 aliphatic heterocycles. The van der Waals surface area contributed by atoms with Gasteiger partial charge in [-0.1, -0.05) is 80.6 Å². The van der Waals surface area contributed by atoms with Gasteiger partial charge in [0.2, 0.25) is 11.8 Å². The molecule has 0 unspecified atom stereocenters. The number of aromatic amines is 1. The van der Waals surface area contributed by atoms with Crippen LogP contribution in [-0.2, 0) is 32.0 Å². The number of nitrogens with zero attached hydrogens (tertiary/aromatic N) is 1. The molecule has 2 amide bonds. The fraction of sp³-hybridized carbons (Fsp3) is 0.433. The van der Waals surface area contributed by atoms with Gasteiger partial charge in [-0.15, -0.1) is 0 Å². The first-order chi connectivity index (χ1) is 18.0. The minimum Gasteiger partial charge on any atom is -0.468 e. The molecule has 1 aromatic heterocycles. The highest BCUT2D eigenvalue weighted by atomic mass is 16.5. The van der Waals surface area contributed by atoms with Crippen LogP contribution in [0.2, 0.25) is 0 Å². The number of carbonyl (C=O) groups is 3. The summed E-state index contributed by atoms with van der Waals surface area (Å²) in [7, 11) is 1.33. The molecule has 3 aromatic rings. The third-order valence-electron chi connectivity index (χ3n) is 7.33. The Hall–Kier alpha value is -3.61. The Balaban J connectivity index is 1.50. The second-order valence-electron chi connectivity index (χ2n) is 9.97. The van der Waals surface area contributed by atoms with Gasteiger partial charge in [0.05, 0.1) is 13.5 Å². The molecule has 0 radical (unpaired) electrons. The minimum atomic E-state index is -0.781. The highest BCUT2D eigenvalue weighted by Crippen LogP contribution is 2.26. The third-order valence-corrected chi connectivity index (χ3v) is 7.33. The van der Waals surface area contributed by atoms with Crippen LogP contribution in [0, 0.1) is 5.92 Å². The number of carbonyl (C=O) groups excluding carboxylic acids is 3. The number of rotatable bonds is 11. The summed E-state index contributed by atoms with van der Waals surface area (Å²) in [6, 6.07) is 16.7. The van der Waals surface area contributed by atoms with Crippen LogP contribution in [0.15, 0.2) is 60.8 Å². The van der Waals surface area contributed by atoms with Crippen LogP contribution >= 0.6 is 0 Å². The van der Waals surface area contributed by atoms with Gasteiger partial charge < -0.3 is 19.9 Å². The average Bonchev–Trinajstić information content (AvgIpc) is 3.33. The van der Waals surface area contributed by atoms with E-state index < -0.39 is 12.0 Å². The number of hydrogen-bond acceptors (Lipinski definition) is 4. The monoisotopic (exact) mass is 503 g/mol. The van der Waals surface area contributed by atoms with Crippen molar-refractivity contribution in [2.24, 2.45) is 5.92 Å². The molecule has 7 heteroatoms. The lowest BCUT2D eigenvalue weighted by Crippen LogP contribution is -2.51. The predicted octanol–water partition coefficient (Wildman–Crippen LogP) is 4.41. The predicted molar refractivity (Wildman–Crippen MR) is 144 cm³/mol. The highest BCUT2D eigenvalue weighted by Gasteiger charge is 2.29. The van der Waals surface area contributed by atoms with E-state index in [9.17, 15) is 14.4 Å². The molecule has 0 bridgehead atoms. The lowest BCUT2D eigenvalue weighted by molar-refractivity contribution is -0.148. The van der Waals surface area contributed by atoms with Crippen LogP contribution in [0.25, 0.3) is 10.9 Å². The Morgan fingerprint density at radius 2 is 1.76 bits per heavy atom. The number of para-hydroxylation sites is 1. The van der Waals surface area contributed by atoms with E-state index in [0.29, 0.717) is 18.9 Å². The lowest BCUT2D eigenvalue weighted by atomic mass is 9.87. The Bertz CT molecular complexity index is 1180. The maximum atomic E-state index is 13.8. The van der Waals surface area contributed by atoms with Crippen molar-refractivity contribution in [3.8, 4) is 0 Å². The second-order valence-corrected chi connectivity index (χ2v) is 9.97. The van der Waals surface area contributed by atoms with Gasteiger partial charge in [-0.05, 0) is 29.5 Å². The number of ether oxygens (including phenoxy) is 1. The summed E-state index contributed by atoms with van der Waals surface area (Å²) in [5.41, 5.74) is 2.79. The van der Waals surface area contributed by atoms with E-state index in [4.69, 9.17) is 4.74 Å². The summed E-state index contributed by atoms with van der Waals surface area (Å²) in [6.45, 7) is 0.355. The number of H-pyrrole nitrogens is 1. The van der Waals surface area contributed by atoms with E-state index in [1.54, 1.807) is 4.90 Å². The quantitative estimate of drug-likeness (QED) is 0.379. The van der Waals surface area contributed by atoms with Crippen LogP contribution < -0.4 is 5.32 Å². The zero-order valence-electron chi connectivity index (χ0n) is 21.6. The molecule has 0 spiro atoms. The standard InChI is InChI=1S/C30H37N3O4/c1-37-29(35)21-33(17-16-22-10-4-2-5-11-22)30(36)27(18-23-12-6-3-7-13-23)32-28(34)19-24-20-31-26-15-9-8-14-25(24)26/h3,6-9,12-15,20,22,27,31H,2,4-5,10-11,16-19,21H2,1H3,(H,32,34)/t27-/m0/s1. The Morgan fingerprint density at radius 3 is 2.51 bits per heavy atom. The van der Waals surface area contributed by atoms with E-state index in [1.807, 2.05) is 60.8 Å². The molecule has 196 valence electrons. The summed E-state index contributed by atoms with van der Waals surface area (Å²) >= 11 is 0. The number of esters is 1. The molecule has 2 aromatic carbocycles. The van der Waals surface area contributed by atoms with E-state index in [1.165, 1.54) is 26.4 Å². The summed E-state index contributed by atoms with van der Waals surface area (Å²) < 4.78 is 4.89. The molecule has 1 heterocycles. The Labute approximate surface area is 218 Å². The minimum absolute atomic E-state index is 0.119. The van der Waals surface area contributed by atoms with E-state index in [-0.39, 0.29) is 24.8 Å². The molecule has 2 N–H and O–H groups in total. The first kappa shape index (κ1) is 26.5. The molecular formula is C30H37N3O4. The molecule has 1 saturated carbocycles. The normalized spacial score (nSPS) is 14.7. The van der Waals surface area contributed by atoms with Crippen molar-refractivity contribution in [2.45, 2.75) is 57.4 Å². The summed E-state index contributed by atoms with van der Waals surface area (Å²) in [5.74, 6) is -0.382.